The van der Waals surface area contributed by atoms with Crippen LogP contribution in [0.3, 0.4) is 0 Å². The standard InChI is InChI=1S/C9H10ClNO/c1-6-4-8(10)11-9(5-6)12-7-2-3-7/h4-5,7H,2-3H2,1H3. The van der Waals surface area contributed by atoms with E-state index in [1.54, 1.807) is 0 Å². The van der Waals surface area contributed by atoms with Gasteiger partial charge in [-0.2, -0.15) is 0 Å². The number of pyridine rings is 1. The molecule has 1 fully saturated rings. The molecule has 12 heavy (non-hydrogen) atoms. The number of aryl methyl sites for hydroxylation is 1. The van der Waals surface area contributed by atoms with E-state index < -0.39 is 0 Å². The van der Waals surface area contributed by atoms with Gasteiger partial charge in [-0.3, -0.25) is 0 Å². The highest BCUT2D eigenvalue weighted by Crippen LogP contribution is 2.26. The van der Waals surface area contributed by atoms with Crippen LogP contribution in [0.25, 0.3) is 0 Å². The van der Waals surface area contributed by atoms with Gasteiger partial charge >= 0.3 is 0 Å². The van der Waals surface area contributed by atoms with Crippen LogP contribution in [0.5, 0.6) is 5.88 Å². The van der Waals surface area contributed by atoms with Crippen LogP contribution in [0.4, 0.5) is 0 Å². The Balaban J connectivity index is 2.18. The Morgan fingerprint density at radius 1 is 1.50 bits per heavy atom. The number of hydrogen-bond acceptors (Lipinski definition) is 2. The van der Waals surface area contributed by atoms with Gasteiger partial charge in [0, 0.05) is 6.07 Å². The van der Waals surface area contributed by atoms with Crippen LogP contribution in [0.1, 0.15) is 18.4 Å². The Labute approximate surface area is 76.5 Å². The van der Waals surface area contributed by atoms with Crippen molar-refractivity contribution in [1.82, 2.24) is 4.98 Å². The van der Waals surface area contributed by atoms with E-state index in [1.807, 2.05) is 19.1 Å². The molecule has 0 spiro atoms. The van der Waals surface area contributed by atoms with Crippen molar-refractivity contribution in [3.05, 3.63) is 22.8 Å². The number of aromatic nitrogens is 1. The molecule has 3 heteroatoms. The van der Waals surface area contributed by atoms with Crippen molar-refractivity contribution in [2.75, 3.05) is 0 Å². The normalized spacial score (nSPS) is 16.2. The summed E-state index contributed by atoms with van der Waals surface area (Å²) in [6, 6.07) is 3.73. The van der Waals surface area contributed by atoms with Crippen LogP contribution >= 0.6 is 11.6 Å². The van der Waals surface area contributed by atoms with Gasteiger partial charge in [-0.1, -0.05) is 11.6 Å². The van der Waals surface area contributed by atoms with Gasteiger partial charge in [-0.25, -0.2) is 4.98 Å². The molecule has 2 rings (SSSR count). The average molecular weight is 184 g/mol. The van der Waals surface area contributed by atoms with Gasteiger partial charge in [0.05, 0.1) is 0 Å². The quantitative estimate of drug-likeness (QED) is 0.658. The molecule has 0 aromatic carbocycles. The highest BCUT2D eigenvalue weighted by Gasteiger charge is 2.24. The highest BCUT2D eigenvalue weighted by molar-refractivity contribution is 6.29. The molecule has 0 atom stereocenters. The molecule has 64 valence electrons. The van der Waals surface area contributed by atoms with E-state index >= 15 is 0 Å². The molecular weight excluding hydrogens is 174 g/mol. The van der Waals surface area contributed by atoms with Gasteiger partial charge in [0.2, 0.25) is 5.88 Å². The molecule has 2 nitrogen and oxygen atoms in total. The Morgan fingerprint density at radius 3 is 2.83 bits per heavy atom. The molecule has 0 aliphatic heterocycles. The summed E-state index contributed by atoms with van der Waals surface area (Å²) >= 11 is 5.76. The van der Waals surface area contributed by atoms with E-state index in [2.05, 4.69) is 4.98 Å². The fourth-order valence-corrected chi connectivity index (χ4v) is 1.27. The molecule has 1 heterocycles. The van der Waals surface area contributed by atoms with Crippen molar-refractivity contribution >= 4 is 11.6 Å². The molecule has 0 amide bonds. The van der Waals surface area contributed by atoms with Crippen LogP contribution in [0.15, 0.2) is 12.1 Å². The second-order valence-corrected chi connectivity index (χ2v) is 3.51. The number of hydrogen-bond donors (Lipinski definition) is 0. The van der Waals surface area contributed by atoms with E-state index in [0.717, 1.165) is 18.4 Å². The number of nitrogens with zero attached hydrogens (tertiary/aromatic N) is 1. The lowest BCUT2D eigenvalue weighted by Gasteiger charge is -2.03. The average Bonchev–Trinajstić information content (AvgIpc) is 2.68. The summed E-state index contributed by atoms with van der Waals surface area (Å²) in [6.07, 6.45) is 2.68. The molecule has 0 saturated heterocycles. The third-order valence-electron chi connectivity index (χ3n) is 1.73. The number of halogens is 1. The Bertz CT molecular complexity index is 276. The maximum absolute atomic E-state index is 5.76. The summed E-state index contributed by atoms with van der Waals surface area (Å²) < 4.78 is 5.49. The first-order chi connectivity index (χ1) is 5.74. The first-order valence-electron chi connectivity index (χ1n) is 4.05. The summed E-state index contributed by atoms with van der Waals surface area (Å²) in [5.41, 5.74) is 1.09. The van der Waals surface area contributed by atoms with E-state index in [9.17, 15) is 0 Å². The zero-order chi connectivity index (χ0) is 8.55. The summed E-state index contributed by atoms with van der Waals surface area (Å²) in [4.78, 5) is 4.06. The van der Waals surface area contributed by atoms with Crippen LogP contribution in [0, 0.1) is 6.92 Å². The largest absolute Gasteiger partial charge is 0.474 e. The van der Waals surface area contributed by atoms with Gasteiger partial charge in [0.1, 0.15) is 11.3 Å². The van der Waals surface area contributed by atoms with Crippen molar-refractivity contribution in [3.63, 3.8) is 0 Å². The van der Waals surface area contributed by atoms with E-state index in [-0.39, 0.29) is 0 Å². The molecule has 1 aliphatic carbocycles. The molecule has 1 aromatic heterocycles. The third kappa shape index (κ3) is 1.89. The van der Waals surface area contributed by atoms with Crippen LogP contribution in [-0.4, -0.2) is 11.1 Å². The zero-order valence-corrected chi connectivity index (χ0v) is 7.64. The molecule has 1 aromatic rings. The fourth-order valence-electron chi connectivity index (χ4n) is 1.01. The molecule has 1 saturated carbocycles. The first kappa shape index (κ1) is 7.87. The first-order valence-corrected chi connectivity index (χ1v) is 4.43. The molecule has 1 aliphatic rings. The van der Waals surface area contributed by atoms with E-state index in [0.29, 0.717) is 17.1 Å². The van der Waals surface area contributed by atoms with Crippen LogP contribution in [0.2, 0.25) is 5.15 Å². The Morgan fingerprint density at radius 2 is 2.25 bits per heavy atom. The SMILES string of the molecule is Cc1cc(Cl)nc(OC2CC2)c1. The lowest BCUT2D eigenvalue weighted by molar-refractivity contribution is 0.291. The Kier molecular flexibility index (Phi) is 1.93. The highest BCUT2D eigenvalue weighted by atomic mass is 35.5. The van der Waals surface area contributed by atoms with E-state index in [1.165, 1.54) is 0 Å². The topological polar surface area (TPSA) is 22.1 Å². The van der Waals surface area contributed by atoms with Gasteiger partial charge in [0.25, 0.3) is 0 Å². The minimum Gasteiger partial charge on any atom is -0.474 e. The maximum atomic E-state index is 5.76. The van der Waals surface area contributed by atoms with E-state index in [4.69, 9.17) is 16.3 Å². The summed E-state index contributed by atoms with van der Waals surface area (Å²) in [5, 5.41) is 0.505. The zero-order valence-electron chi connectivity index (χ0n) is 6.88. The van der Waals surface area contributed by atoms with Crippen molar-refractivity contribution in [1.29, 1.82) is 0 Å². The minimum absolute atomic E-state index is 0.385. The summed E-state index contributed by atoms with van der Waals surface area (Å²) in [7, 11) is 0. The van der Waals surface area contributed by atoms with Crippen molar-refractivity contribution < 1.29 is 4.74 Å². The molecule has 0 bridgehead atoms. The molecule has 0 radical (unpaired) electrons. The smallest absolute Gasteiger partial charge is 0.215 e. The lowest BCUT2D eigenvalue weighted by atomic mass is 10.3. The van der Waals surface area contributed by atoms with Gasteiger partial charge in [-0.15, -0.1) is 0 Å². The van der Waals surface area contributed by atoms with Crippen molar-refractivity contribution in [3.8, 4) is 5.88 Å². The fraction of sp³-hybridized carbons (Fsp3) is 0.444. The Hall–Kier alpha value is -0.760. The van der Waals surface area contributed by atoms with Gasteiger partial charge in [-0.05, 0) is 31.4 Å². The molecule has 0 N–H and O–H groups in total. The van der Waals surface area contributed by atoms with Crippen molar-refractivity contribution in [2.24, 2.45) is 0 Å². The van der Waals surface area contributed by atoms with Crippen LogP contribution in [-0.2, 0) is 0 Å². The predicted octanol–water partition coefficient (Wildman–Crippen LogP) is 2.58. The summed E-state index contributed by atoms with van der Waals surface area (Å²) in [6.45, 7) is 1.98. The molecule has 0 unspecified atom stereocenters. The predicted molar refractivity (Wildman–Crippen MR) is 47.6 cm³/mol. The van der Waals surface area contributed by atoms with Crippen molar-refractivity contribution in [2.45, 2.75) is 25.9 Å². The second kappa shape index (κ2) is 2.94. The minimum atomic E-state index is 0.385. The summed E-state index contributed by atoms with van der Waals surface area (Å²) in [5.74, 6) is 0.655. The van der Waals surface area contributed by atoms with Gasteiger partial charge < -0.3 is 4.74 Å². The molecular formula is C9H10ClNO. The second-order valence-electron chi connectivity index (χ2n) is 3.12. The van der Waals surface area contributed by atoms with Gasteiger partial charge in [0.15, 0.2) is 0 Å². The third-order valence-corrected chi connectivity index (χ3v) is 1.92. The number of ether oxygens (including phenoxy) is 1. The number of rotatable bonds is 2. The van der Waals surface area contributed by atoms with Crippen LogP contribution < -0.4 is 4.74 Å². The lowest BCUT2D eigenvalue weighted by Crippen LogP contribution is -1.98. The monoisotopic (exact) mass is 183 g/mol. The maximum Gasteiger partial charge on any atom is 0.215 e.